The SMILES string of the molecule is Cc1ccc(-c2nc(=S)c3c(n2CCCN(C)C)CC(C)(C)OC3)cc1. The van der Waals surface area contributed by atoms with Crippen LogP contribution in [0.15, 0.2) is 24.3 Å². The zero-order valence-electron chi connectivity index (χ0n) is 16.5. The summed E-state index contributed by atoms with van der Waals surface area (Å²) in [7, 11) is 4.23. The molecular formula is C21H29N3OS. The van der Waals surface area contributed by atoms with Crippen LogP contribution in [0.5, 0.6) is 0 Å². The Hall–Kier alpha value is -1.56. The van der Waals surface area contributed by atoms with Crippen molar-refractivity contribution >= 4 is 12.2 Å². The highest BCUT2D eigenvalue weighted by atomic mass is 32.1. The first kappa shape index (κ1) is 19.2. The average molecular weight is 372 g/mol. The quantitative estimate of drug-likeness (QED) is 0.729. The van der Waals surface area contributed by atoms with Crippen molar-refractivity contribution in [1.29, 1.82) is 0 Å². The monoisotopic (exact) mass is 371 g/mol. The third-order valence-corrected chi connectivity index (χ3v) is 5.23. The standard InChI is InChI=1S/C21H29N3OS/c1-15-7-9-16(10-8-15)19-22-20(26)17-14-25-21(2,3)13-18(17)24(19)12-6-11-23(4)5/h7-10H,6,11-14H2,1-5H3. The first-order chi connectivity index (χ1) is 12.3. The lowest BCUT2D eigenvalue weighted by Crippen LogP contribution is -2.35. The van der Waals surface area contributed by atoms with E-state index in [-0.39, 0.29) is 5.60 Å². The van der Waals surface area contributed by atoms with E-state index in [1.54, 1.807) is 0 Å². The van der Waals surface area contributed by atoms with Gasteiger partial charge >= 0.3 is 0 Å². The molecule has 0 saturated heterocycles. The highest BCUT2D eigenvalue weighted by Crippen LogP contribution is 2.31. The van der Waals surface area contributed by atoms with Crippen LogP contribution in [0.3, 0.4) is 0 Å². The molecule has 1 aromatic heterocycles. The van der Waals surface area contributed by atoms with Crippen molar-refractivity contribution in [2.75, 3.05) is 20.6 Å². The molecule has 0 atom stereocenters. The van der Waals surface area contributed by atoms with Crippen LogP contribution in [-0.2, 0) is 24.3 Å². The molecule has 2 aromatic rings. The van der Waals surface area contributed by atoms with Crippen LogP contribution in [0.4, 0.5) is 0 Å². The summed E-state index contributed by atoms with van der Waals surface area (Å²) in [4.78, 5) is 7.04. The molecule has 0 fully saturated rings. The van der Waals surface area contributed by atoms with Crippen LogP contribution < -0.4 is 0 Å². The highest BCUT2D eigenvalue weighted by Gasteiger charge is 2.30. The molecule has 0 amide bonds. The number of benzene rings is 1. The molecule has 0 bridgehead atoms. The Bertz CT molecular complexity index is 838. The van der Waals surface area contributed by atoms with Gasteiger partial charge in [-0.2, -0.15) is 0 Å². The van der Waals surface area contributed by atoms with E-state index >= 15 is 0 Å². The van der Waals surface area contributed by atoms with Crippen molar-refractivity contribution in [2.24, 2.45) is 0 Å². The van der Waals surface area contributed by atoms with Gasteiger partial charge in [0, 0.05) is 29.8 Å². The average Bonchev–Trinajstić information content (AvgIpc) is 2.56. The second kappa shape index (κ2) is 7.59. The maximum atomic E-state index is 6.00. The fraction of sp³-hybridized carbons (Fsp3) is 0.524. The van der Waals surface area contributed by atoms with Gasteiger partial charge in [0.2, 0.25) is 0 Å². The van der Waals surface area contributed by atoms with E-state index < -0.39 is 0 Å². The Morgan fingerprint density at radius 2 is 1.92 bits per heavy atom. The molecule has 0 saturated carbocycles. The smallest absolute Gasteiger partial charge is 0.141 e. The van der Waals surface area contributed by atoms with Crippen molar-refractivity contribution < 1.29 is 4.74 Å². The summed E-state index contributed by atoms with van der Waals surface area (Å²) in [6, 6.07) is 8.56. The lowest BCUT2D eigenvalue weighted by molar-refractivity contribution is -0.0428. The Morgan fingerprint density at radius 3 is 2.58 bits per heavy atom. The lowest BCUT2D eigenvalue weighted by atomic mass is 9.95. The molecule has 1 aromatic carbocycles. The van der Waals surface area contributed by atoms with Crippen LogP contribution in [0.2, 0.25) is 0 Å². The summed E-state index contributed by atoms with van der Waals surface area (Å²) in [5, 5.41) is 0. The number of aromatic nitrogens is 2. The molecule has 1 aliphatic rings. The van der Waals surface area contributed by atoms with Gasteiger partial charge in [0.05, 0.1) is 12.2 Å². The number of aryl methyl sites for hydroxylation is 1. The molecule has 0 aliphatic carbocycles. The Morgan fingerprint density at radius 1 is 1.23 bits per heavy atom. The largest absolute Gasteiger partial charge is 0.370 e. The second-order valence-electron chi connectivity index (χ2n) is 8.07. The predicted octanol–water partition coefficient (Wildman–Crippen LogP) is 4.39. The van der Waals surface area contributed by atoms with Gasteiger partial charge in [0.15, 0.2) is 0 Å². The molecule has 1 aliphatic heterocycles. The summed E-state index contributed by atoms with van der Waals surface area (Å²) in [6.45, 7) is 8.93. The molecule has 0 spiro atoms. The molecule has 0 unspecified atom stereocenters. The van der Waals surface area contributed by atoms with Gasteiger partial charge in [-0.1, -0.05) is 42.0 Å². The van der Waals surface area contributed by atoms with Crippen molar-refractivity contribution in [3.8, 4) is 11.4 Å². The van der Waals surface area contributed by atoms with Crippen LogP contribution in [0.25, 0.3) is 11.4 Å². The Balaban J connectivity index is 2.11. The first-order valence-electron chi connectivity index (χ1n) is 9.25. The van der Waals surface area contributed by atoms with E-state index in [0.717, 1.165) is 42.9 Å². The fourth-order valence-corrected chi connectivity index (χ4v) is 3.68. The number of nitrogens with zero attached hydrogens (tertiary/aromatic N) is 3. The molecule has 4 nitrogen and oxygen atoms in total. The normalized spacial score (nSPS) is 15.9. The molecule has 5 heteroatoms. The predicted molar refractivity (Wildman–Crippen MR) is 109 cm³/mol. The Kier molecular flexibility index (Phi) is 5.61. The highest BCUT2D eigenvalue weighted by molar-refractivity contribution is 7.71. The molecule has 140 valence electrons. The summed E-state index contributed by atoms with van der Waals surface area (Å²) >= 11 is 5.63. The molecule has 2 heterocycles. The maximum absolute atomic E-state index is 6.00. The van der Waals surface area contributed by atoms with E-state index in [1.165, 1.54) is 11.3 Å². The van der Waals surface area contributed by atoms with Gasteiger partial charge in [-0.15, -0.1) is 0 Å². The first-order valence-corrected chi connectivity index (χ1v) is 9.66. The van der Waals surface area contributed by atoms with Crippen LogP contribution >= 0.6 is 12.2 Å². The van der Waals surface area contributed by atoms with Gasteiger partial charge in [-0.05, 0) is 47.8 Å². The Labute approximate surface area is 161 Å². The van der Waals surface area contributed by atoms with Crippen molar-refractivity contribution in [1.82, 2.24) is 14.5 Å². The summed E-state index contributed by atoms with van der Waals surface area (Å²) in [6.07, 6.45) is 1.93. The number of ether oxygens (including phenoxy) is 1. The minimum Gasteiger partial charge on any atom is -0.370 e. The van der Waals surface area contributed by atoms with Crippen molar-refractivity contribution in [3.05, 3.63) is 45.7 Å². The van der Waals surface area contributed by atoms with E-state index in [4.69, 9.17) is 21.9 Å². The van der Waals surface area contributed by atoms with E-state index in [9.17, 15) is 0 Å². The molecule has 0 radical (unpaired) electrons. The number of hydrogen-bond acceptors (Lipinski definition) is 4. The topological polar surface area (TPSA) is 30.3 Å². The molecule has 3 rings (SSSR count). The zero-order valence-corrected chi connectivity index (χ0v) is 17.3. The maximum Gasteiger partial charge on any atom is 0.141 e. The number of hydrogen-bond donors (Lipinski definition) is 0. The minimum atomic E-state index is -0.177. The zero-order chi connectivity index (χ0) is 18.9. The molecule has 0 N–H and O–H groups in total. The molecular weight excluding hydrogens is 342 g/mol. The van der Waals surface area contributed by atoms with E-state index in [2.05, 4.69) is 68.6 Å². The summed E-state index contributed by atoms with van der Waals surface area (Å²) in [5.41, 5.74) is 4.57. The van der Waals surface area contributed by atoms with Crippen LogP contribution in [0.1, 0.15) is 37.1 Å². The summed E-state index contributed by atoms with van der Waals surface area (Å²) in [5.74, 6) is 0.977. The lowest BCUT2D eigenvalue weighted by Gasteiger charge is -2.34. The third-order valence-electron chi connectivity index (χ3n) is 4.89. The summed E-state index contributed by atoms with van der Waals surface area (Å²) < 4.78 is 9.06. The van der Waals surface area contributed by atoms with E-state index in [1.807, 2.05) is 0 Å². The van der Waals surface area contributed by atoms with E-state index in [0.29, 0.717) is 11.2 Å². The van der Waals surface area contributed by atoms with Crippen LogP contribution in [0, 0.1) is 11.6 Å². The van der Waals surface area contributed by atoms with Gasteiger partial charge in [-0.3, -0.25) is 0 Å². The van der Waals surface area contributed by atoms with Gasteiger partial charge in [0.1, 0.15) is 10.5 Å². The molecule has 26 heavy (non-hydrogen) atoms. The van der Waals surface area contributed by atoms with Gasteiger partial charge in [0.25, 0.3) is 0 Å². The van der Waals surface area contributed by atoms with Crippen LogP contribution in [-0.4, -0.2) is 40.7 Å². The van der Waals surface area contributed by atoms with Gasteiger partial charge in [-0.25, -0.2) is 4.98 Å². The van der Waals surface area contributed by atoms with Gasteiger partial charge < -0.3 is 14.2 Å². The number of rotatable bonds is 5. The number of fused-ring (bicyclic) bond motifs is 1. The van der Waals surface area contributed by atoms with Crippen molar-refractivity contribution in [3.63, 3.8) is 0 Å². The van der Waals surface area contributed by atoms with Crippen molar-refractivity contribution in [2.45, 2.75) is 52.4 Å². The second-order valence-corrected chi connectivity index (χ2v) is 8.45. The minimum absolute atomic E-state index is 0.177. The fourth-order valence-electron chi connectivity index (χ4n) is 3.42. The third kappa shape index (κ3) is 4.22.